The van der Waals surface area contributed by atoms with E-state index >= 15 is 0 Å². The van der Waals surface area contributed by atoms with E-state index in [1.165, 1.54) is 0 Å². The van der Waals surface area contributed by atoms with Crippen LogP contribution < -0.4 is 5.73 Å². The molecule has 1 unspecified atom stereocenters. The van der Waals surface area contributed by atoms with Gasteiger partial charge < -0.3 is 15.4 Å². The molecule has 1 saturated heterocycles. The molecule has 0 aromatic rings. The Morgan fingerprint density at radius 2 is 2.12 bits per heavy atom. The lowest BCUT2D eigenvalue weighted by Gasteiger charge is -2.32. The molecule has 94 valence electrons. The first kappa shape index (κ1) is 13.5. The Morgan fingerprint density at radius 1 is 1.50 bits per heavy atom. The van der Waals surface area contributed by atoms with Crippen LogP contribution in [0.2, 0.25) is 0 Å². The van der Waals surface area contributed by atoms with E-state index < -0.39 is 6.04 Å². The average molecular weight is 228 g/mol. The second-order valence-corrected chi connectivity index (χ2v) is 5.66. The predicted octanol–water partition coefficient (Wildman–Crippen LogP) is 0.997. The fraction of sp³-hybridized carbons (Fsp3) is 0.917. The zero-order valence-corrected chi connectivity index (χ0v) is 10.8. The molecule has 0 spiro atoms. The van der Waals surface area contributed by atoms with Crippen LogP contribution in [0.3, 0.4) is 0 Å². The summed E-state index contributed by atoms with van der Waals surface area (Å²) in [5.74, 6) is 0.0462. The molecule has 1 aliphatic heterocycles. The van der Waals surface area contributed by atoms with Gasteiger partial charge in [0, 0.05) is 19.7 Å². The average Bonchev–Trinajstić information content (AvgIpc) is 2.39. The van der Waals surface area contributed by atoms with Crippen molar-refractivity contribution in [3.05, 3.63) is 0 Å². The topological polar surface area (TPSA) is 55.6 Å². The molecule has 0 aromatic heterocycles. The van der Waals surface area contributed by atoms with Crippen molar-refractivity contribution in [1.29, 1.82) is 0 Å². The number of ether oxygens (including phenoxy) is 1. The van der Waals surface area contributed by atoms with Crippen molar-refractivity contribution in [1.82, 2.24) is 4.90 Å². The Kier molecular flexibility index (Phi) is 4.33. The van der Waals surface area contributed by atoms with Gasteiger partial charge in [-0.15, -0.1) is 0 Å². The third kappa shape index (κ3) is 3.46. The van der Waals surface area contributed by atoms with Gasteiger partial charge >= 0.3 is 0 Å². The van der Waals surface area contributed by atoms with Gasteiger partial charge in [0.1, 0.15) is 0 Å². The quantitative estimate of drug-likeness (QED) is 0.728. The molecule has 1 heterocycles. The minimum atomic E-state index is -0.433. The fourth-order valence-corrected chi connectivity index (χ4v) is 1.76. The highest BCUT2D eigenvalue weighted by Crippen LogP contribution is 2.20. The van der Waals surface area contributed by atoms with Crippen LogP contribution in [-0.4, -0.2) is 42.6 Å². The summed E-state index contributed by atoms with van der Waals surface area (Å²) in [4.78, 5) is 14.0. The van der Waals surface area contributed by atoms with Crippen molar-refractivity contribution < 1.29 is 9.53 Å². The second kappa shape index (κ2) is 5.15. The van der Waals surface area contributed by atoms with Gasteiger partial charge in [-0.1, -0.05) is 20.8 Å². The van der Waals surface area contributed by atoms with Crippen molar-refractivity contribution in [3.8, 4) is 0 Å². The minimum absolute atomic E-state index is 0.0462. The largest absolute Gasteiger partial charge is 0.377 e. The van der Waals surface area contributed by atoms with Crippen LogP contribution in [0, 0.1) is 5.41 Å². The molecule has 1 fully saturated rings. The number of hydrogen-bond donors (Lipinski definition) is 1. The summed E-state index contributed by atoms with van der Waals surface area (Å²) in [5, 5.41) is 0. The summed E-state index contributed by atoms with van der Waals surface area (Å²) in [6.45, 7) is 10.1. The van der Waals surface area contributed by atoms with Gasteiger partial charge in [0.2, 0.25) is 5.91 Å². The van der Waals surface area contributed by atoms with E-state index in [2.05, 4.69) is 0 Å². The van der Waals surface area contributed by atoms with Crippen molar-refractivity contribution >= 4 is 5.91 Å². The third-order valence-corrected chi connectivity index (χ3v) is 2.96. The number of nitrogens with two attached hydrogens (primary N) is 1. The van der Waals surface area contributed by atoms with E-state index in [-0.39, 0.29) is 17.4 Å². The number of carbonyl (C=O) groups excluding carboxylic acids is 1. The Bertz CT molecular complexity index is 248. The first-order valence-corrected chi connectivity index (χ1v) is 5.98. The van der Waals surface area contributed by atoms with Crippen LogP contribution in [0.1, 0.15) is 34.1 Å². The van der Waals surface area contributed by atoms with Crippen LogP contribution in [0.25, 0.3) is 0 Å². The molecule has 16 heavy (non-hydrogen) atoms. The Labute approximate surface area is 98.1 Å². The maximum absolute atomic E-state index is 12.2. The summed E-state index contributed by atoms with van der Waals surface area (Å²) in [6.07, 6.45) is 1.01. The fourth-order valence-electron chi connectivity index (χ4n) is 1.76. The molecule has 0 aliphatic carbocycles. The molecule has 0 saturated carbocycles. The number of amides is 1. The van der Waals surface area contributed by atoms with E-state index in [0.717, 1.165) is 19.6 Å². The van der Waals surface area contributed by atoms with Gasteiger partial charge in [-0.3, -0.25) is 4.79 Å². The maximum atomic E-state index is 12.2. The monoisotopic (exact) mass is 228 g/mol. The minimum Gasteiger partial charge on any atom is -0.377 e. The molecule has 0 aromatic carbocycles. The summed E-state index contributed by atoms with van der Waals surface area (Å²) >= 11 is 0. The molecule has 1 rings (SSSR count). The van der Waals surface area contributed by atoms with Crippen molar-refractivity contribution in [2.24, 2.45) is 11.1 Å². The van der Waals surface area contributed by atoms with E-state index in [1.54, 1.807) is 0 Å². The van der Waals surface area contributed by atoms with Crippen molar-refractivity contribution in [2.75, 3.05) is 19.7 Å². The van der Waals surface area contributed by atoms with Gasteiger partial charge in [0.25, 0.3) is 0 Å². The molecule has 2 N–H and O–H groups in total. The van der Waals surface area contributed by atoms with E-state index in [4.69, 9.17) is 10.5 Å². The van der Waals surface area contributed by atoms with E-state index in [1.807, 2.05) is 32.6 Å². The SMILES string of the molecule is CC1CN(C(=O)[C@@H](N)C(C)(C)C)CCCO1. The molecule has 4 heteroatoms. The van der Waals surface area contributed by atoms with Crippen molar-refractivity contribution in [2.45, 2.75) is 46.3 Å². The van der Waals surface area contributed by atoms with Gasteiger partial charge in [-0.25, -0.2) is 0 Å². The van der Waals surface area contributed by atoms with Crippen LogP contribution in [-0.2, 0) is 9.53 Å². The smallest absolute Gasteiger partial charge is 0.240 e. The molecule has 1 amide bonds. The Balaban J connectivity index is 2.65. The number of nitrogens with zero attached hydrogens (tertiary/aromatic N) is 1. The first-order chi connectivity index (χ1) is 7.32. The van der Waals surface area contributed by atoms with Crippen LogP contribution in [0.5, 0.6) is 0 Å². The first-order valence-electron chi connectivity index (χ1n) is 5.98. The highest BCUT2D eigenvalue weighted by Gasteiger charge is 2.32. The molecule has 1 aliphatic rings. The van der Waals surface area contributed by atoms with Crippen LogP contribution >= 0.6 is 0 Å². The maximum Gasteiger partial charge on any atom is 0.240 e. The predicted molar refractivity (Wildman–Crippen MR) is 64.0 cm³/mol. The summed E-state index contributed by atoms with van der Waals surface area (Å²) in [5.41, 5.74) is 5.80. The van der Waals surface area contributed by atoms with Gasteiger partial charge in [-0.2, -0.15) is 0 Å². The van der Waals surface area contributed by atoms with E-state index in [0.29, 0.717) is 6.54 Å². The summed E-state index contributed by atoms with van der Waals surface area (Å²) < 4.78 is 5.51. The lowest BCUT2D eigenvalue weighted by Crippen LogP contribution is -2.51. The standard InChI is InChI=1S/C12H24N2O2/c1-9-8-14(6-5-7-16-9)11(15)10(13)12(2,3)4/h9-10H,5-8,13H2,1-4H3/t9?,10-/m1/s1. The normalized spacial score (nSPS) is 25.1. The Hall–Kier alpha value is -0.610. The van der Waals surface area contributed by atoms with Crippen LogP contribution in [0.15, 0.2) is 0 Å². The van der Waals surface area contributed by atoms with Gasteiger partial charge in [0.05, 0.1) is 12.1 Å². The summed E-state index contributed by atoms with van der Waals surface area (Å²) in [7, 11) is 0. The molecular formula is C12H24N2O2. The molecule has 0 bridgehead atoms. The van der Waals surface area contributed by atoms with Gasteiger partial charge in [-0.05, 0) is 18.8 Å². The zero-order valence-electron chi connectivity index (χ0n) is 10.8. The van der Waals surface area contributed by atoms with E-state index in [9.17, 15) is 4.79 Å². The molecule has 4 nitrogen and oxygen atoms in total. The number of rotatable bonds is 1. The Morgan fingerprint density at radius 3 is 2.69 bits per heavy atom. The number of carbonyl (C=O) groups is 1. The lowest BCUT2D eigenvalue weighted by atomic mass is 9.86. The third-order valence-electron chi connectivity index (χ3n) is 2.96. The molecule has 0 radical (unpaired) electrons. The highest BCUT2D eigenvalue weighted by atomic mass is 16.5. The van der Waals surface area contributed by atoms with Crippen molar-refractivity contribution in [3.63, 3.8) is 0 Å². The molecular weight excluding hydrogens is 204 g/mol. The van der Waals surface area contributed by atoms with Crippen LogP contribution in [0.4, 0.5) is 0 Å². The van der Waals surface area contributed by atoms with Gasteiger partial charge in [0.15, 0.2) is 0 Å². The molecule has 2 atom stereocenters. The lowest BCUT2D eigenvalue weighted by molar-refractivity contribution is -0.135. The zero-order chi connectivity index (χ0) is 12.3. The second-order valence-electron chi connectivity index (χ2n) is 5.66. The highest BCUT2D eigenvalue weighted by molar-refractivity contribution is 5.82. The summed E-state index contributed by atoms with van der Waals surface area (Å²) in [6, 6.07) is -0.433. The number of hydrogen-bond acceptors (Lipinski definition) is 3.